The highest BCUT2D eigenvalue weighted by molar-refractivity contribution is 9.10. The van der Waals surface area contributed by atoms with E-state index in [0.717, 1.165) is 19.3 Å². The van der Waals surface area contributed by atoms with Crippen molar-refractivity contribution in [2.75, 3.05) is 19.3 Å². The van der Waals surface area contributed by atoms with Crippen molar-refractivity contribution in [1.82, 2.24) is 4.31 Å². The second-order valence-corrected chi connectivity index (χ2v) is 7.09. The zero-order chi connectivity index (χ0) is 13.8. The molecule has 0 saturated heterocycles. The predicted molar refractivity (Wildman–Crippen MR) is 77.9 cm³/mol. The molecule has 1 aromatic carbocycles. The van der Waals surface area contributed by atoms with Crippen molar-refractivity contribution in [2.24, 2.45) is 0 Å². The summed E-state index contributed by atoms with van der Waals surface area (Å²) in [6, 6.07) is 4.80. The van der Waals surface area contributed by atoms with Gasteiger partial charge in [-0.2, -0.15) is 0 Å². The Kier molecular flexibility index (Phi) is 5.62. The van der Waals surface area contributed by atoms with E-state index in [1.54, 1.807) is 19.2 Å². The molecule has 1 aromatic rings. The van der Waals surface area contributed by atoms with Crippen molar-refractivity contribution in [1.29, 1.82) is 0 Å². The Labute approximate surface area is 117 Å². The van der Waals surface area contributed by atoms with Crippen molar-refractivity contribution < 1.29 is 8.42 Å². The van der Waals surface area contributed by atoms with Gasteiger partial charge < -0.3 is 5.73 Å². The average molecular weight is 335 g/mol. The van der Waals surface area contributed by atoms with Crippen LogP contribution in [0.2, 0.25) is 0 Å². The lowest BCUT2D eigenvalue weighted by Crippen LogP contribution is -2.28. The Hall–Kier alpha value is -0.590. The Balaban J connectivity index is 2.95. The van der Waals surface area contributed by atoms with Crippen molar-refractivity contribution in [3.05, 3.63) is 22.7 Å². The number of hydrogen-bond donors (Lipinski definition) is 1. The van der Waals surface area contributed by atoms with Crippen LogP contribution in [-0.4, -0.2) is 26.3 Å². The molecule has 0 aliphatic carbocycles. The fourth-order valence-corrected chi connectivity index (χ4v) is 3.76. The Bertz CT molecular complexity index is 503. The van der Waals surface area contributed by atoms with Gasteiger partial charge in [-0.05, 0) is 40.5 Å². The number of nitrogens with two attached hydrogens (primary N) is 1. The Morgan fingerprint density at radius 3 is 2.61 bits per heavy atom. The molecule has 0 aromatic heterocycles. The number of nitrogens with zero attached hydrogens (tertiary/aromatic N) is 1. The maximum absolute atomic E-state index is 12.3. The molecule has 0 heterocycles. The van der Waals surface area contributed by atoms with E-state index in [1.807, 2.05) is 0 Å². The third kappa shape index (κ3) is 3.70. The van der Waals surface area contributed by atoms with Gasteiger partial charge in [-0.1, -0.05) is 19.8 Å². The van der Waals surface area contributed by atoms with Gasteiger partial charge in [0.15, 0.2) is 0 Å². The number of hydrogen-bond acceptors (Lipinski definition) is 3. The van der Waals surface area contributed by atoms with Crippen LogP contribution in [-0.2, 0) is 10.0 Å². The summed E-state index contributed by atoms with van der Waals surface area (Å²) >= 11 is 3.26. The van der Waals surface area contributed by atoms with Gasteiger partial charge in [-0.25, -0.2) is 12.7 Å². The number of benzene rings is 1. The van der Waals surface area contributed by atoms with Crippen molar-refractivity contribution >= 4 is 31.6 Å². The first-order valence-electron chi connectivity index (χ1n) is 5.91. The van der Waals surface area contributed by atoms with Crippen LogP contribution in [0, 0.1) is 0 Å². The van der Waals surface area contributed by atoms with Crippen LogP contribution in [0.4, 0.5) is 5.69 Å². The standard InChI is InChI=1S/C12H19BrN2O2S/c1-3-4-5-8-15(2)18(16,17)12-9-10(14)6-7-11(12)13/h6-7,9H,3-5,8,14H2,1-2H3. The Morgan fingerprint density at radius 2 is 2.00 bits per heavy atom. The van der Waals surface area contributed by atoms with Crippen LogP contribution in [0.3, 0.4) is 0 Å². The van der Waals surface area contributed by atoms with Crippen LogP contribution in [0.1, 0.15) is 26.2 Å². The summed E-state index contributed by atoms with van der Waals surface area (Å²) < 4.78 is 26.6. The minimum atomic E-state index is -3.47. The normalized spacial score (nSPS) is 12.0. The van der Waals surface area contributed by atoms with Gasteiger partial charge in [0.1, 0.15) is 0 Å². The third-order valence-electron chi connectivity index (χ3n) is 2.72. The Morgan fingerprint density at radius 1 is 1.33 bits per heavy atom. The van der Waals surface area contributed by atoms with E-state index < -0.39 is 10.0 Å². The molecule has 102 valence electrons. The van der Waals surface area contributed by atoms with Gasteiger partial charge in [-0.3, -0.25) is 0 Å². The minimum absolute atomic E-state index is 0.224. The van der Waals surface area contributed by atoms with Crippen LogP contribution in [0.5, 0.6) is 0 Å². The lowest BCUT2D eigenvalue weighted by molar-refractivity contribution is 0.454. The molecule has 0 radical (unpaired) electrons. The molecule has 18 heavy (non-hydrogen) atoms. The molecule has 0 unspecified atom stereocenters. The first kappa shape index (κ1) is 15.5. The van der Waals surface area contributed by atoms with Gasteiger partial charge in [0.05, 0.1) is 4.90 Å². The number of rotatable bonds is 6. The molecule has 0 amide bonds. The molecular formula is C12H19BrN2O2S. The SMILES string of the molecule is CCCCCN(C)S(=O)(=O)c1cc(N)ccc1Br. The highest BCUT2D eigenvalue weighted by Crippen LogP contribution is 2.26. The van der Waals surface area contributed by atoms with Crippen molar-refractivity contribution in [3.8, 4) is 0 Å². The number of anilines is 1. The zero-order valence-electron chi connectivity index (χ0n) is 10.7. The molecule has 0 spiro atoms. The zero-order valence-corrected chi connectivity index (χ0v) is 13.1. The maximum Gasteiger partial charge on any atom is 0.244 e. The fourth-order valence-electron chi connectivity index (χ4n) is 1.59. The summed E-state index contributed by atoms with van der Waals surface area (Å²) in [7, 11) is -1.87. The van der Waals surface area contributed by atoms with Crippen molar-refractivity contribution in [3.63, 3.8) is 0 Å². The van der Waals surface area contributed by atoms with E-state index in [0.29, 0.717) is 16.7 Å². The second kappa shape index (κ2) is 6.54. The first-order valence-corrected chi connectivity index (χ1v) is 8.14. The van der Waals surface area contributed by atoms with Gasteiger partial charge in [0.25, 0.3) is 0 Å². The smallest absolute Gasteiger partial charge is 0.244 e. The lowest BCUT2D eigenvalue weighted by Gasteiger charge is -2.18. The molecule has 0 aliphatic rings. The highest BCUT2D eigenvalue weighted by atomic mass is 79.9. The third-order valence-corrected chi connectivity index (χ3v) is 5.57. The molecular weight excluding hydrogens is 316 g/mol. The van der Waals surface area contributed by atoms with Gasteiger partial charge in [0, 0.05) is 23.8 Å². The van der Waals surface area contributed by atoms with Gasteiger partial charge in [0.2, 0.25) is 10.0 Å². The molecule has 0 saturated carbocycles. The van der Waals surface area contributed by atoms with Crippen LogP contribution in [0.25, 0.3) is 0 Å². The molecule has 0 fully saturated rings. The summed E-state index contributed by atoms with van der Waals surface area (Å²) in [5.41, 5.74) is 6.09. The summed E-state index contributed by atoms with van der Waals surface area (Å²) in [6.07, 6.45) is 2.96. The quantitative estimate of drug-likeness (QED) is 0.642. The van der Waals surface area contributed by atoms with E-state index >= 15 is 0 Å². The molecule has 6 heteroatoms. The van der Waals surface area contributed by atoms with E-state index in [1.165, 1.54) is 10.4 Å². The molecule has 0 aliphatic heterocycles. The van der Waals surface area contributed by atoms with E-state index in [2.05, 4.69) is 22.9 Å². The molecule has 0 atom stereocenters. The summed E-state index contributed by atoms with van der Waals surface area (Å²) in [5, 5.41) is 0. The van der Waals surface area contributed by atoms with Gasteiger partial charge in [-0.15, -0.1) is 0 Å². The molecule has 0 bridgehead atoms. The molecule has 2 N–H and O–H groups in total. The number of sulfonamides is 1. The van der Waals surface area contributed by atoms with Crippen molar-refractivity contribution in [2.45, 2.75) is 31.1 Å². The van der Waals surface area contributed by atoms with Gasteiger partial charge >= 0.3 is 0 Å². The predicted octanol–water partition coefficient (Wildman–Crippen LogP) is 2.84. The number of nitrogen functional groups attached to an aromatic ring is 1. The minimum Gasteiger partial charge on any atom is -0.399 e. The lowest BCUT2D eigenvalue weighted by atomic mass is 10.2. The fraction of sp³-hybridized carbons (Fsp3) is 0.500. The van der Waals surface area contributed by atoms with Crippen LogP contribution < -0.4 is 5.73 Å². The number of halogens is 1. The average Bonchev–Trinajstić information content (AvgIpc) is 2.32. The molecule has 1 rings (SSSR count). The maximum atomic E-state index is 12.3. The van der Waals surface area contributed by atoms with Crippen LogP contribution >= 0.6 is 15.9 Å². The first-order chi connectivity index (χ1) is 8.39. The summed E-state index contributed by atoms with van der Waals surface area (Å²) in [4.78, 5) is 0.224. The van der Waals surface area contributed by atoms with E-state index in [9.17, 15) is 8.42 Å². The monoisotopic (exact) mass is 334 g/mol. The summed E-state index contributed by atoms with van der Waals surface area (Å²) in [5.74, 6) is 0. The largest absolute Gasteiger partial charge is 0.399 e. The van der Waals surface area contributed by atoms with E-state index in [4.69, 9.17) is 5.73 Å². The second-order valence-electron chi connectivity index (χ2n) is 4.22. The topological polar surface area (TPSA) is 63.4 Å². The molecule has 4 nitrogen and oxygen atoms in total. The number of unbranched alkanes of at least 4 members (excludes halogenated alkanes) is 2. The highest BCUT2D eigenvalue weighted by Gasteiger charge is 2.23. The van der Waals surface area contributed by atoms with E-state index in [-0.39, 0.29) is 4.90 Å². The van der Waals surface area contributed by atoms with Crippen LogP contribution in [0.15, 0.2) is 27.6 Å². The summed E-state index contributed by atoms with van der Waals surface area (Å²) in [6.45, 7) is 2.61.